The lowest BCUT2D eigenvalue weighted by Crippen LogP contribution is -2.36. The van der Waals surface area contributed by atoms with Crippen LogP contribution in [-0.2, 0) is 19.1 Å². The molecule has 4 atom stereocenters. The Labute approximate surface area is 126 Å². The molecule has 0 aromatic rings. The maximum atomic E-state index is 12.1. The average molecular weight is 294 g/mol. The summed E-state index contributed by atoms with van der Waals surface area (Å²) < 4.78 is 5.68. The molecular weight excluding hydrogens is 268 g/mol. The lowest BCUT2D eigenvalue weighted by atomic mass is 9.75. The summed E-state index contributed by atoms with van der Waals surface area (Å²) in [7, 11) is 0. The van der Waals surface area contributed by atoms with Crippen LogP contribution in [0.25, 0.3) is 0 Å². The van der Waals surface area contributed by atoms with E-state index in [2.05, 4.69) is 20.8 Å². The Kier molecular flexibility index (Phi) is 5.17. The topological polar surface area (TPSA) is 60.4 Å². The number of ketones is 2. The summed E-state index contributed by atoms with van der Waals surface area (Å²) in [6, 6.07) is 0. The summed E-state index contributed by atoms with van der Waals surface area (Å²) in [5.74, 6) is 0.568. The van der Waals surface area contributed by atoms with Gasteiger partial charge in [0.15, 0.2) is 0 Å². The maximum absolute atomic E-state index is 12.1. The summed E-state index contributed by atoms with van der Waals surface area (Å²) in [6.45, 7) is 6.53. The monoisotopic (exact) mass is 294 g/mol. The van der Waals surface area contributed by atoms with E-state index in [1.807, 2.05) is 0 Å². The van der Waals surface area contributed by atoms with Gasteiger partial charge in [0.25, 0.3) is 0 Å². The van der Waals surface area contributed by atoms with Gasteiger partial charge >= 0.3 is 5.97 Å². The van der Waals surface area contributed by atoms with E-state index in [-0.39, 0.29) is 42.9 Å². The van der Waals surface area contributed by atoms with Crippen LogP contribution in [0.5, 0.6) is 0 Å². The van der Waals surface area contributed by atoms with E-state index < -0.39 is 5.92 Å². The Morgan fingerprint density at radius 2 is 2.00 bits per heavy atom. The average Bonchev–Trinajstić information content (AvgIpc) is 2.67. The molecule has 2 aliphatic carbocycles. The lowest BCUT2D eigenvalue weighted by Gasteiger charge is -2.36. The van der Waals surface area contributed by atoms with Crippen LogP contribution in [-0.4, -0.2) is 23.6 Å². The van der Waals surface area contributed by atoms with Crippen LogP contribution in [0.1, 0.15) is 59.3 Å². The van der Waals surface area contributed by atoms with Crippen molar-refractivity contribution in [1.29, 1.82) is 0 Å². The van der Waals surface area contributed by atoms with Crippen molar-refractivity contribution in [2.75, 3.05) is 0 Å². The third-order valence-corrected chi connectivity index (χ3v) is 4.96. The maximum Gasteiger partial charge on any atom is 0.306 e. The highest BCUT2D eigenvalue weighted by atomic mass is 16.5. The van der Waals surface area contributed by atoms with Gasteiger partial charge in [0.05, 0.1) is 12.8 Å². The van der Waals surface area contributed by atoms with Crippen molar-refractivity contribution in [1.82, 2.24) is 0 Å². The molecule has 2 fully saturated rings. The first-order valence-electron chi connectivity index (χ1n) is 8.10. The van der Waals surface area contributed by atoms with Crippen molar-refractivity contribution < 1.29 is 19.1 Å². The molecular formula is C17H26O4. The van der Waals surface area contributed by atoms with Gasteiger partial charge in [-0.05, 0) is 30.6 Å². The van der Waals surface area contributed by atoms with Crippen LogP contribution < -0.4 is 0 Å². The summed E-state index contributed by atoms with van der Waals surface area (Å²) in [4.78, 5) is 35.0. The van der Waals surface area contributed by atoms with E-state index in [4.69, 9.17) is 4.74 Å². The van der Waals surface area contributed by atoms with E-state index in [9.17, 15) is 14.4 Å². The van der Waals surface area contributed by atoms with Gasteiger partial charge in [0, 0.05) is 12.3 Å². The Morgan fingerprint density at radius 1 is 1.29 bits per heavy atom. The van der Waals surface area contributed by atoms with E-state index in [1.54, 1.807) is 0 Å². The minimum Gasteiger partial charge on any atom is -0.462 e. The van der Waals surface area contributed by atoms with Crippen LogP contribution >= 0.6 is 0 Å². The van der Waals surface area contributed by atoms with Crippen molar-refractivity contribution in [3.05, 3.63) is 0 Å². The first kappa shape index (κ1) is 16.2. The molecule has 21 heavy (non-hydrogen) atoms. The zero-order valence-corrected chi connectivity index (χ0v) is 13.3. The zero-order valence-electron chi connectivity index (χ0n) is 13.3. The normalized spacial score (nSPS) is 33.5. The molecule has 0 N–H and O–H groups in total. The number of hydrogen-bond donors (Lipinski definition) is 0. The second-order valence-electron chi connectivity index (χ2n) is 7.14. The number of carbonyl (C=O) groups is 3. The molecule has 4 heteroatoms. The Balaban J connectivity index is 1.90. The van der Waals surface area contributed by atoms with Crippen molar-refractivity contribution in [3.63, 3.8) is 0 Å². The predicted molar refractivity (Wildman–Crippen MR) is 78.6 cm³/mol. The Hall–Kier alpha value is -1.19. The van der Waals surface area contributed by atoms with Gasteiger partial charge in [0.2, 0.25) is 0 Å². The third-order valence-electron chi connectivity index (χ3n) is 4.96. The van der Waals surface area contributed by atoms with Crippen molar-refractivity contribution >= 4 is 17.5 Å². The van der Waals surface area contributed by atoms with E-state index in [0.29, 0.717) is 17.8 Å². The molecule has 0 bridgehead atoms. The van der Waals surface area contributed by atoms with Gasteiger partial charge in [-0.25, -0.2) is 0 Å². The van der Waals surface area contributed by atoms with Crippen molar-refractivity contribution in [2.45, 2.75) is 65.4 Å². The summed E-state index contributed by atoms with van der Waals surface area (Å²) in [5, 5.41) is 0. The lowest BCUT2D eigenvalue weighted by molar-refractivity contribution is -0.157. The van der Waals surface area contributed by atoms with Crippen LogP contribution in [0.2, 0.25) is 0 Å². The number of Topliss-reactive ketones (excluding diaryl/α,β-unsaturated/α-hetero) is 2. The molecule has 0 aromatic heterocycles. The van der Waals surface area contributed by atoms with E-state index in [0.717, 1.165) is 12.8 Å². The second kappa shape index (κ2) is 6.71. The van der Waals surface area contributed by atoms with Crippen LogP contribution in [0, 0.1) is 23.7 Å². The smallest absolute Gasteiger partial charge is 0.306 e. The van der Waals surface area contributed by atoms with Gasteiger partial charge < -0.3 is 4.74 Å². The summed E-state index contributed by atoms with van der Waals surface area (Å²) >= 11 is 0. The zero-order chi connectivity index (χ0) is 15.6. The fourth-order valence-corrected chi connectivity index (χ4v) is 3.65. The Bertz CT molecular complexity index is 427. The van der Waals surface area contributed by atoms with Gasteiger partial charge in [-0.3, -0.25) is 14.4 Å². The van der Waals surface area contributed by atoms with Gasteiger partial charge in [-0.1, -0.05) is 27.2 Å². The molecule has 2 rings (SSSR count). The highest BCUT2D eigenvalue weighted by Gasteiger charge is 2.36. The van der Waals surface area contributed by atoms with Gasteiger partial charge in [0.1, 0.15) is 17.7 Å². The summed E-state index contributed by atoms with van der Waals surface area (Å²) in [6.07, 6.45) is 3.43. The molecule has 2 saturated carbocycles. The van der Waals surface area contributed by atoms with Crippen molar-refractivity contribution in [3.8, 4) is 0 Å². The predicted octanol–water partition coefficient (Wildman–Crippen LogP) is 2.93. The highest BCUT2D eigenvalue weighted by molar-refractivity contribution is 6.08. The molecule has 1 unspecified atom stereocenters. The number of carbonyl (C=O) groups excluding carboxylic acids is 3. The standard InChI is InChI=1S/C17H26O4/c1-10(2)14-5-4-11(3)6-16(14)21-17(20)8-12-7-13(18)9-15(12)19/h10-12,14,16H,4-9H2,1-3H3/t11-,12?,14+,16-/m1/s1. The molecule has 0 saturated heterocycles. The fraction of sp³-hybridized carbons (Fsp3) is 0.824. The Morgan fingerprint density at radius 3 is 2.57 bits per heavy atom. The fourth-order valence-electron chi connectivity index (χ4n) is 3.65. The highest BCUT2D eigenvalue weighted by Crippen LogP contribution is 2.35. The van der Waals surface area contributed by atoms with E-state index in [1.165, 1.54) is 6.42 Å². The van der Waals surface area contributed by atoms with Crippen molar-refractivity contribution in [2.24, 2.45) is 23.7 Å². The molecule has 4 nitrogen and oxygen atoms in total. The quantitative estimate of drug-likeness (QED) is 0.591. The first-order chi connectivity index (χ1) is 9.86. The molecule has 0 heterocycles. The molecule has 0 spiro atoms. The number of hydrogen-bond acceptors (Lipinski definition) is 4. The minimum atomic E-state index is -0.441. The van der Waals surface area contributed by atoms with Crippen LogP contribution in [0.4, 0.5) is 0 Å². The summed E-state index contributed by atoms with van der Waals surface area (Å²) in [5.41, 5.74) is 0. The largest absolute Gasteiger partial charge is 0.462 e. The van der Waals surface area contributed by atoms with Crippen LogP contribution in [0.15, 0.2) is 0 Å². The molecule has 0 radical (unpaired) electrons. The molecule has 0 aromatic carbocycles. The number of esters is 1. The van der Waals surface area contributed by atoms with E-state index >= 15 is 0 Å². The van der Waals surface area contributed by atoms with Gasteiger partial charge in [-0.2, -0.15) is 0 Å². The molecule has 2 aliphatic rings. The third kappa shape index (κ3) is 4.14. The minimum absolute atomic E-state index is 0.00692. The molecule has 118 valence electrons. The number of rotatable bonds is 4. The molecule has 0 aliphatic heterocycles. The molecule has 0 amide bonds. The SMILES string of the molecule is CC(C)[C@@H]1CC[C@@H](C)C[C@H]1OC(=O)CC1CC(=O)CC1=O. The van der Waals surface area contributed by atoms with Gasteiger partial charge in [-0.15, -0.1) is 0 Å². The first-order valence-corrected chi connectivity index (χ1v) is 8.10. The number of ether oxygens (including phenoxy) is 1. The second-order valence-corrected chi connectivity index (χ2v) is 7.14. The van der Waals surface area contributed by atoms with Crippen LogP contribution in [0.3, 0.4) is 0 Å².